The Kier molecular flexibility index (Phi) is 3.24. The van der Waals surface area contributed by atoms with E-state index in [1.807, 2.05) is 0 Å². The van der Waals surface area contributed by atoms with Gasteiger partial charge in [-0.15, -0.1) is 13.2 Å². The molecule has 1 rings (SSSR count). The van der Waals surface area contributed by atoms with E-state index in [2.05, 4.69) is 0 Å². The largest absolute Gasteiger partial charge is 0.491 e. The second kappa shape index (κ2) is 4.06. The third-order valence-electron chi connectivity index (χ3n) is 2.24. The minimum atomic E-state index is -5.01. The van der Waals surface area contributed by atoms with Crippen molar-refractivity contribution < 1.29 is 23.1 Å². The molecule has 8 heteroatoms. The summed E-state index contributed by atoms with van der Waals surface area (Å²) < 4.78 is 37.2. The van der Waals surface area contributed by atoms with E-state index in [4.69, 9.17) is 16.7 Å². The fourth-order valence-electron chi connectivity index (χ4n) is 1.46. The maximum atomic E-state index is 12.6. The van der Waals surface area contributed by atoms with Crippen LogP contribution >= 0.6 is 11.6 Å². The molecular weight excluding hydrogens is 263 g/mol. The monoisotopic (exact) mass is 269 g/mol. The molecule has 1 aromatic heterocycles. The van der Waals surface area contributed by atoms with Gasteiger partial charge in [-0.2, -0.15) is 0 Å². The van der Waals surface area contributed by atoms with Crippen molar-refractivity contribution in [2.75, 3.05) is 0 Å². The molecule has 0 aromatic carbocycles. The van der Waals surface area contributed by atoms with Crippen molar-refractivity contribution in [2.45, 2.75) is 20.1 Å². The molecule has 4 nitrogen and oxygen atoms in total. The summed E-state index contributed by atoms with van der Waals surface area (Å²) >= 11 is 5.59. The molecule has 1 N–H and O–H groups in total. The van der Waals surface area contributed by atoms with Crippen LogP contribution in [0.2, 0.25) is 5.02 Å². The number of rotatable bonds is 1. The van der Waals surface area contributed by atoms with E-state index in [1.54, 1.807) is 0 Å². The SMILES string of the molecule is Cc1c(Cl)c(C)n(C(F)(F)F)c(=O)c1C(=O)O. The molecule has 1 heterocycles. The Bertz CT molecular complexity index is 548. The number of carboxylic acids is 1. The van der Waals surface area contributed by atoms with E-state index in [9.17, 15) is 22.8 Å². The van der Waals surface area contributed by atoms with Gasteiger partial charge >= 0.3 is 12.3 Å². The lowest BCUT2D eigenvalue weighted by Gasteiger charge is -2.17. The van der Waals surface area contributed by atoms with Gasteiger partial charge in [0, 0.05) is 5.69 Å². The van der Waals surface area contributed by atoms with E-state index >= 15 is 0 Å². The van der Waals surface area contributed by atoms with Gasteiger partial charge in [0.05, 0.1) is 5.02 Å². The molecule has 0 saturated carbocycles. The summed E-state index contributed by atoms with van der Waals surface area (Å²) in [6.07, 6.45) is -5.01. The lowest BCUT2D eigenvalue weighted by molar-refractivity contribution is -0.207. The maximum Gasteiger partial charge on any atom is 0.491 e. The average molecular weight is 270 g/mol. The average Bonchev–Trinajstić information content (AvgIpc) is 2.11. The number of aromatic carboxylic acids is 1. The Balaban J connectivity index is 3.89. The molecule has 0 amide bonds. The van der Waals surface area contributed by atoms with Crippen LogP contribution in [0, 0.1) is 13.8 Å². The molecule has 0 aliphatic carbocycles. The summed E-state index contributed by atoms with van der Waals surface area (Å²) in [4.78, 5) is 22.2. The summed E-state index contributed by atoms with van der Waals surface area (Å²) in [6, 6.07) is 0. The van der Waals surface area contributed by atoms with Gasteiger partial charge in [0.25, 0.3) is 5.56 Å². The number of carbonyl (C=O) groups is 1. The van der Waals surface area contributed by atoms with Crippen LogP contribution in [0.5, 0.6) is 0 Å². The fourth-order valence-corrected chi connectivity index (χ4v) is 1.64. The van der Waals surface area contributed by atoms with Crippen molar-refractivity contribution in [3.63, 3.8) is 0 Å². The lowest BCUT2D eigenvalue weighted by Crippen LogP contribution is -2.37. The highest BCUT2D eigenvalue weighted by atomic mass is 35.5. The molecule has 94 valence electrons. The van der Waals surface area contributed by atoms with Gasteiger partial charge in [-0.05, 0) is 19.4 Å². The zero-order valence-corrected chi connectivity index (χ0v) is 9.48. The number of carboxylic acid groups (broad SMARTS) is 1. The van der Waals surface area contributed by atoms with Crippen LogP contribution in [0.4, 0.5) is 13.2 Å². The minimum Gasteiger partial charge on any atom is -0.477 e. The van der Waals surface area contributed by atoms with E-state index in [0.717, 1.165) is 6.92 Å². The number of pyridine rings is 1. The van der Waals surface area contributed by atoms with Gasteiger partial charge in [-0.1, -0.05) is 11.6 Å². The Morgan fingerprint density at radius 3 is 2.18 bits per heavy atom. The van der Waals surface area contributed by atoms with Crippen LogP contribution in [0.25, 0.3) is 0 Å². The third kappa shape index (κ3) is 2.14. The van der Waals surface area contributed by atoms with Crippen molar-refractivity contribution in [1.82, 2.24) is 4.57 Å². The molecule has 0 unspecified atom stereocenters. The molecular formula is C9H7ClF3NO3. The van der Waals surface area contributed by atoms with E-state index in [1.165, 1.54) is 6.92 Å². The molecule has 0 fully saturated rings. The van der Waals surface area contributed by atoms with Crippen molar-refractivity contribution >= 4 is 17.6 Å². The topological polar surface area (TPSA) is 59.3 Å². The summed E-state index contributed by atoms with van der Waals surface area (Å²) in [6.45, 7) is 2.18. The predicted octanol–water partition coefficient (Wildman–Crippen LogP) is 2.29. The zero-order chi connectivity index (χ0) is 13.5. The first-order valence-corrected chi connectivity index (χ1v) is 4.69. The van der Waals surface area contributed by atoms with Gasteiger partial charge in [0.15, 0.2) is 0 Å². The van der Waals surface area contributed by atoms with Gasteiger partial charge < -0.3 is 5.11 Å². The summed E-state index contributed by atoms with van der Waals surface area (Å²) in [5, 5.41) is 8.32. The van der Waals surface area contributed by atoms with Crippen LogP contribution in [0.3, 0.4) is 0 Å². The van der Waals surface area contributed by atoms with Gasteiger partial charge in [0.1, 0.15) is 5.56 Å². The second-order valence-corrected chi connectivity index (χ2v) is 3.69. The Hall–Kier alpha value is -1.50. The first-order valence-electron chi connectivity index (χ1n) is 4.31. The molecule has 0 aliphatic rings. The molecule has 0 atom stereocenters. The number of halogens is 4. The van der Waals surface area contributed by atoms with Gasteiger partial charge in [-0.25, -0.2) is 9.36 Å². The van der Waals surface area contributed by atoms with Crippen molar-refractivity contribution in [1.29, 1.82) is 0 Å². The highest BCUT2D eigenvalue weighted by Crippen LogP contribution is 2.28. The van der Waals surface area contributed by atoms with Crippen LogP contribution < -0.4 is 5.56 Å². The van der Waals surface area contributed by atoms with Crippen LogP contribution in [-0.4, -0.2) is 15.6 Å². The first-order chi connectivity index (χ1) is 7.59. The molecule has 0 saturated heterocycles. The van der Waals surface area contributed by atoms with Crippen molar-refractivity contribution in [2.24, 2.45) is 0 Å². The van der Waals surface area contributed by atoms with Crippen molar-refractivity contribution in [3.05, 3.63) is 32.2 Å². The van der Waals surface area contributed by atoms with Crippen LogP contribution in [0.1, 0.15) is 21.6 Å². The maximum absolute atomic E-state index is 12.6. The third-order valence-corrected chi connectivity index (χ3v) is 2.80. The van der Waals surface area contributed by atoms with E-state index < -0.39 is 33.7 Å². The number of alkyl halides is 3. The zero-order valence-electron chi connectivity index (χ0n) is 8.72. The molecule has 1 aromatic rings. The smallest absolute Gasteiger partial charge is 0.477 e. The summed E-state index contributed by atoms with van der Waals surface area (Å²) in [5.74, 6) is -1.74. The minimum absolute atomic E-state index is 0.179. The lowest BCUT2D eigenvalue weighted by atomic mass is 10.1. The number of nitrogens with zero attached hydrogens (tertiary/aromatic N) is 1. The Morgan fingerprint density at radius 2 is 1.82 bits per heavy atom. The van der Waals surface area contributed by atoms with E-state index in [0.29, 0.717) is 0 Å². The normalized spacial score (nSPS) is 11.6. The standard InChI is InChI=1S/C9H7ClF3NO3/c1-3-5(8(16)17)7(15)14(9(11,12)13)4(2)6(3)10/h1-2H3,(H,16,17). The van der Waals surface area contributed by atoms with E-state index in [-0.39, 0.29) is 10.6 Å². The number of aromatic nitrogens is 1. The highest BCUT2D eigenvalue weighted by molar-refractivity contribution is 6.32. The second-order valence-electron chi connectivity index (χ2n) is 3.31. The quantitative estimate of drug-likeness (QED) is 0.851. The molecule has 0 aliphatic heterocycles. The number of hydrogen-bond acceptors (Lipinski definition) is 2. The predicted molar refractivity (Wildman–Crippen MR) is 53.4 cm³/mol. The van der Waals surface area contributed by atoms with Gasteiger partial charge in [0.2, 0.25) is 0 Å². The van der Waals surface area contributed by atoms with Crippen LogP contribution in [0.15, 0.2) is 4.79 Å². The van der Waals surface area contributed by atoms with Crippen LogP contribution in [-0.2, 0) is 6.30 Å². The van der Waals surface area contributed by atoms with Crippen molar-refractivity contribution in [3.8, 4) is 0 Å². The summed E-state index contributed by atoms with van der Waals surface area (Å²) in [7, 11) is 0. The first kappa shape index (κ1) is 13.6. The molecule has 0 radical (unpaired) electrons. The summed E-state index contributed by atoms with van der Waals surface area (Å²) in [5.41, 5.74) is -3.32. The molecule has 0 bridgehead atoms. The molecule has 0 spiro atoms. The van der Waals surface area contributed by atoms with Gasteiger partial charge in [-0.3, -0.25) is 4.79 Å². The fraction of sp³-hybridized carbons (Fsp3) is 0.333. The molecule has 17 heavy (non-hydrogen) atoms. The Labute approximate surface area is 98.2 Å². The Morgan fingerprint density at radius 1 is 1.35 bits per heavy atom. The number of hydrogen-bond donors (Lipinski definition) is 1. The highest BCUT2D eigenvalue weighted by Gasteiger charge is 2.37.